The summed E-state index contributed by atoms with van der Waals surface area (Å²) in [5.41, 5.74) is 2.88. The van der Waals surface area contributed by atoms with E-state index in [0.29, 0.717) is 11.1 Å². The van der Waals surface area contributed by atoms with E-state index in [-0.39, 0.29) is 0 Å². The van der Waals surface area contributed by atoms with Crippen LogP contribution in [-0.2, 0) is 0 Å². The minimum absolute atomic E-state index is 0.606. The molecule has 0 amide bonds. The molecule has 3 rings (SSSR count). The van der Waals surface area contributed by atoms with Gasteiger partial charge in [-0.15, -0.1) is 22.7 Å². The van der Waals surface area contributed by atoms with Crippen molar-refractivity contribution in [1.29, 1.82) is 10.5 Å². The van der Waals surface area contributed by atoms with Crippen LogP contribution >= 0.6 is 22.7 Å². The molecule has 2 heterocycles. The Balaban J connectivity index is 2.26. The van der Waals surface area contributed by atoms with E-state index in [9.17, 15) is 10.5 Å². The summed E-state index contributed by atoms with van der Waals surface area (Å²) < 4.78 is 0. The van der Waals surface area contributed by atoms with Crippen LogP contribution in [0.4, 0.5) is 0 Å². The van der Waals surface area contributed by atoms with Crippen LogP contribution in [0.1, 0.15) is 11.1 Å². The summed E-state index contributed by atoms with van der Waals surface area (Å²) >= 11 is 3.14. The Morgan fingerprint density at radius 3 is 1.50 bits per heavy atom. The molecule has 0 aliphatic rings. The largest absolute Gasteiger partial charge is 0.192 e. The fourth-order valence-corrected chi connectivity index (χ4v) is 3.57. The quantitative estimate of drug-likeness (QED) is 0.675. The monoisotopic (exact) mass is 292 g/mol. The molecule has 0 saturated heterocycles. The predicted octanol–water partition coefficient (Wildman–Crippen LogP) is 4.89. The van der Waals surface area contributed by atoms with Crippen molar-refractivity contribution in [2.45, 2.75) is 0 Å². The van der Waals surface area contributed by atoms with Gasteiger partial charge >= 0.3 is 0 Å². The van der Waals surface area contributed by atoms with Gasteiger partial charge in [0.2, 0.25) is 0 Å². The summed E-state index contributed by atoms with van der Waals surface area (Å²) in [6, 6.07) is 15.9. The molecule has 0 radical (unpaired) electrons. The molecule has 0 aliphatic heterocycles. The highest BCUT2D eigenvalue weighted by Crippen LogP contribution is 2.35. The second kappa shape index (κ2) is 5.30. The molecule has 0 unspecified atom stereocenters. The van der Waals surface area contributed by atoms with E-state index in [1.807, 2.05) is 47.2 Å². The first-order chi connectivity index (χ1) is 9.83. The van der Waals surface area contributed by atoms with Gasteiger partial charge in [0.1, 0.15) is 0 Å². The van der Waals surface area contributed by atoms with Crippen molar-refractivity contribution in [3.8, 4) is 33.0 Å². The van der Waals surface area contributed by atoms with E-state index >= 15 is 0 Å². The van der Waals surface area contributed by atoms with Gasteiger partial charge in [-0.2, -0.15) is 10.5 Å². The average molecular weight is 292 g/mol. The number of rotatable bonds is 2. The standard InChI is InChI=1S/C16H8N2S2/c17-9-11-8-14(16-4-2-6-20-16)12(10-18)7-13(11)15-3-1-5-19-15/h1-8H. The highest BCUT2D eigenvalue weighted by molar-refractivity contribution is 7.14. The molecule has 94 valence electrons. The average Bonchev–Trinajstić information content (AvgIpc) is 3.18. The maximum absolute atomic E-state index is 9.38. The van der Waals surface area contributed by atoms with Crippen LogP contribution in [0, 0.1) is 22.7 Å². The number of nitrogens with zero attached hydrogens (tertiary/aromatic N) is 2. The Hall–Kier alpha value is -2.40. The van der Waals surface area contributed by atoms with Crippen molar-refractivity contribution in [2.75, 3.05) is 0 Å². The Bertz CT molecular complexity index is 745. The molecule has 0 aliphatic carbocycles. The number of hydrogen-bond acceptors (Lipinski definition) is 4. The SMILES string of the molecule is N#Cc1cc(-c2cccs2)c(C#N)cc1-c1cccs1. The highest BCUT2D eigenvalue weighted by Gasteiger charge is 2.13. The summed E-state index contributed by atoms with van der Waals surface area (Å²) in [5, 5.41) is 22.7. The molecule has 2 nitrogen and oxygen atoms in total. The van der Waals surface area contributed by atoms with Crippen molar-refractivity contribution in [2.24, 2.45) is 0 Å². The Labute approximate surface area is 124 Å². The lowest BCUT2D eigenvalue weighted by molar-refractivity contribution is 1.46. The molecule has 0 spiro atoms. The van der Waals surface area contributed by atoms with Crippen LogP contribution in [0.25, 0.3) is 20.9 Å². The molecule has 0 atom stereocenters. The van der Waals surface area contributed by atoms with Gasteiger partial charge in [0.25, 0.3) is 0 Å². The molecule has 1 aromatic carbocycles. The van der Waals surface area contributed by atoms with Gasteiger partial charge in [0.05, 0.1) is 23.3 Å². The fourth-order valence-electron chi connectivity index (χ4n) is 2.06. The maximum atomic E-state index is 9.38. The smallest absolute Gasteiger partial charge is 0.0998 e. The van der Waals surface area contributed by atoms with Crippen LogP contribution < -0.4 is 0 Å². The second-order valence-corrected chi connectivity index (χ2v) is 6.02. The minimum Gasteiger partial charge on any atom is -0.192 e. The number of thiophene rings is 2. The summed E-state index contributed by atoms with van der Waals surface area (Å²) in [7, 11) is 0. The molecule has 4 heteroatoms. The summed E-state index contributed by atoms with van der Waals surface area (Å²) in [6.07, 6.45) is 0. The van der Waals surface area contributed by atoms with Gasteiger partial charge in [0.15, 0.2) is 0 Å². The van der Waals surface area contributed by atoms with E-state index in [1.165, 1.54) is 0 Å². The number of benzene rings is 1. The van der Waals surface area contributed by atoms with Crippen LogP contribution in [0.5, 0.6) is 0 Å². The van der Waals surface area contributed by atoms with Crippen molar-refractivity contribution in [3.63, 3.8) is 0 Å². The Kier molecular flexibility index (Phi) is 3.35. The zero-order chi connectivity index (χ0) is 13.9. The zero-order valence-corrected chi connectivity index (χ0v) is 12.0. The van der Waals surface area contributed by atoms with E-state index in [1.54, 1.807) is 22.7 Å². The number of nitriles is 2. The first-order valence-electron chi connectivity index (χ1n) is 5.89. The molecular weight excluding hydrogens is 284 g/mol. The molecule has 0 fully saturated rings. The minimum atomic E-state index is 0.606. The maximum Gasteiger partial charge on any atom is 0.0998 e. The second-order valence-electron chi connectivity index (χ2n) is 4.12. The van der Waals surface area contributed by atoms with Crippen molar-refractivity contribution in [3.05, 3.63) is 58.3 Å². The topological polar surface area (TPSA) is 47.6 Å². The van der Waals surface area contributed by atoms with Gasteiger partial charge in [-0.3, -0.25) is 0 Å². The lowest BCUT2D eigenvalue weighted by Gasteiger charge is -2.07. The van der Waals surface area contributed by atoms with Gasteiger partial charge in [0, 0.05) is 20.9 Å². The summed E-state index contributed by atoms with van der Waals surface area (Å²) in [5.74, 6) is 0. The normalized spacial score (nSPS) is 9.90. The first kappa shape index (κ1) is 12.6. The van der Waals surface area contributed by atoms with Gasteiger partial charge in [-0.25, -0.2) is 0 Å². The Morgan fingerprint density at radius 2 is 1.20 bits per heavy atom. The molecule has 0 saturated carbocycles. The fraction of sp³-hybridized carbons (Fsp3) is 0. The summed E-state index contributed by atoms with van der Waals surface area (Å²) in [4.78, 5) is 2.02. The molecule has 20 heavy (non-hydrogen) atoms. The van der Waals surface area contributed by atoms with Crippen LogP contribution in [0.3, 0.4) is 0 Å². The van der Waals surface area contributed by atoms with E-state index < -0.39 is 0 Å². The van der Waals surface area contributed by atoms with E-state index in [4.69, 9.17) is 0 Å². The highest BCUT2D eigenvalue weighted by atomic mass is 32.1. The third-order valence-electron chi connectivity index (χ3n) is 2.97. The first-order valence-corrected chi connectivity index (χ1v) is 7.65. The van der Waals surface area contributed by atoms with E-state index in [0.717, 1.165) is 20.9 Å². The van der Waals surface area contributed by atoms with Crippen LogP contribution in [0.15, 0.2) is 47.2 Å². The van der Waals surface area contributed by atoms with Gasteiger partial charge < -0.3 is 0 Å². The van der Waals surface area contributed by atoms with Gasteiger partial charge in [-0.1, -0.05) is 12.1 Å². The van der Waals surface area contributed by atoms with Crippen LogP contribution in [0.2, 0.25) is 0 Å². The van der Waals surface area contributed by atoms with Crippen LogP contribution in [-0.4, -0.2) is 0 Å². The number of hydrogen-bond donors (Lipinski definition) is 0. The molecule has 2 aromatic heterocycles. The molecule has 0 N–H and O–H groups in total. The Morgan fingerprint density at radius 1 is 0.750 bits per heavy atom. The molecule has 0 bridgehead atoms. The van der Waals surface area contributed by atoms with E-state index in [2.05, 4.69) is 12.1 Å². The third kappa shape index (κ3) is 2.12. The van der Waals surface area contributed by atoms with Gasteiger partial charge in [-0.05, 0) is 35.0 Å². The van der Waals surface area contributed by atoms with Crippen molar-refractivity contribution < 1.29 is 0 Å². The van der Waals surface area contributed by atoms with Crippen molar-refractivity contribution >= 4 is 22.7 Å². The predicted molar refractivity (Wildman–Crippen MR) is 82.5 cm³/mol. The third-order valence-corrected chi connectivity index (χ3v) is 4.78. The molecule has 3 aromatic rings. The summed E-state index contributed by atoms with van der Waals surface area (Å²) in [6.45, 7) is 0. The lowest BCUT2D eigenvalue weighted by Crippen LogP contribution is -1.89. The lowest BCUT2D eigenvalue weighted by atomic mass is 9.97. The molecular formula is C16H8N2S2. The van der Waals surface area contributed by atoms with Crippen molar-refractivity contribution in [1.82, 2.24) is 0 Å². The zero-order valence-electron chi connectivity index (χ0n) is 10.3.